The highest BCUT2D eigenvalue weighted by Gasteiger charge is 2.29. The van der Waals surface area contributed by atoms with Gasteiger partial charge in [-0.3, -0.25) is 4.79 Å². The molecule has 0 bridgehead atoms. The van der Waals surface area contributed by atoms with E-state index in [0.717, 1.165) is 0 Å². The fourth-order valence-corrected chi connectivity index (χ4v) is 3.53. The summed E-state index contributed by atoms with van der Waals surface area (Å²) in [7, 11) is 0. The molecule has 152 valence electrons. The second-order valence-electron chi connectivity index (χ2n) is 8.05. The molecule has 2 aromatic rings. The third kappa shape index (κ3) is 4.23. The van der Waals surface area contributed by atoms with Crippen molar-refractivity contribution in [2.75, 3.05) is 18.1 Å². The van der Waals surface area contributed by atoms with Crippen molar-refractivity contribution < 1.29 is 9.53 Å². The van der Waals surface area contributed by atoms with Gasteiger partial charge in [-0.05, 0) is 46.2 Å². The first-order chi connectivity index (χ1) is 13.1. The molecule has 0 radical (unpaired) electrons. The van der Waals surface area contributed by atoms with E-state index in [1.54, 1.807) is 25.1 Å². The number of nitrogens with two attached hydrogens (primary N) is 1. The smallest absolute Gasteiger partial charge is 0.407 e. The lowest BCUT2D eigenvalue weighted by Crippen LogP contribution is -2.47. The molecular formula is C19H26ClN5O3. The number of aromatic nitrogens is 2. The highest BCUT2D eigenvalue weighted by molar-refractivity contribution is 6.35. The average Bonchev–Trinajstić information content (AvgIpc) is 3.00. The third-order valence-electron chi connectivity index (χ3n) is 4.43. The Labute approximate surface area is 168 Å². The minimum Gasteiger partial charge on any atom is -0.444 e. The van der Waals surface area contributed by atoms with E-state index in [2.05, 4.69) is 10.3 Å². The Morgan fingerprint density at radius 2 is 2.14 bits per heavy atom. The fourth-order valence-electron chi connectivity index (χ4n) is 3.28. The van der Waals surface area contributed by atoms with Crippen LogP contribution in [0, 0.1) is 0 Å². The van der Waals surface area contributed by atoms with E-state index >= 15 is 0 Å². The molecule has 0 spiro atoms. The lowest BCUT2D eigenvalue weighted by Gasteiger charge is -2.26. The number of alkyl carbamates (subject to hydrolysis) is 1. The summed E-state index contributed by atoms with van der Waals surface area (Å²) in [5.74, 6) is 0.456. The van der Waals surface area contributed by atoms with Crippen molar-refractivity contribution in [1.82, 2.24) is 15.0 Å². The van der Waals surface area contributed by atoms with Gasteiger partial charge in [-0.15, -0.1) is 0 Å². The number of benzene rings is 1. The molecule has 1 aliphatic heterocycles. The number of rotatable bonds is 3. The Hall–Kier alpha value is -2.32. The van der Waals surface area contributed by atoms with Gasteiger partial charge in [0.05, 0.1) is 34.6 Å². The van der Waals surface area contributed by atoms with Crippen LogP contribution in [-0.4, -0.2) is 40.5 Å². The maximum Gasteiger partial charge on any atom is 0.407 e. The normalized spacial score (nSPS) is 18.4. The summed E-state index contributed by atoms with van der Waals surface area (Å²) in [4.78, 5) is 29.8. The van der Waals surface area contributed by atoms with Gasteiger partial charge in [-0.1, -0.05) is 17.7 Å². The minimum atomic E-state index is -0.569. The predicted octanol–water partition coefficient (Wildman–Crippen LogP) is 2.30. The molecule has 3 N–H and O–H groups in total. The number of amides is 1. The molecule has 2 atom stereocenters. The van der Waals surface area contributed by atoms with Crippen LogP contribution in [-0.2, 0) is 4.74 Å². The van der Waals surface area contributed by atoms with Gasteiger partial charge in [-0.25, -0.2) is 14.5 Å². The van der Waals surface area contributed by atoms with E-state index < -0.39 is 17.7 Å². The number of ether oxygens (including phenoxy) is 1. The Balaban J connectivity index is 1.91. The van der Waals surface area contributed by atoms with Crippen LogP contribution in [0.3, 0.4) is 0 Å². The molecule has 8 nitrogen and oxygen atoms in total. The number of halogens is 1. The Morgan fingerprint density at radius 1 is 1.43 bits per heavy atom. The number of hydrogen-bond acceptors (Lipinski definition) is 6. The van der Waals surface area contributed by atoms with E-state index in [1.807, 2.05) is 25.8 Å². The van der Waals surface area contributed by atoms with Crippen molar-refractivity contribution in [3.63, 3.8) is 0 Å². The van der Waals surface area contributed by atoms with Gasteiger partial charge in [-0.2, -0.15) is 0 Å². The van der Waals surface area contributed by atoms with Gasteiger partial charge in [0, 0.05) is 6.54 Å². The van der Waals surface area contributed by atoms with Crippen molar-refractivity contribution in [1.29, 1.82) is 0 Å². The van der Waals surface area contributed by atoms with Crippen molar-refractivity contribution in [2.45, 2.75) is 51.8 Å². The first-order valence-electron chi connectivity index (χ1n) is 9.28. The second kappa shape index (κ2) is 7.60. The van der Waals surface area contributed by atoms with Gasteiger partial charge in [0.25, 0.3) is 5.56 Å². The van der Waals surface area contributed by atoms with E-state index in [4.69, 9.17) is 22.1 Å². The van der Waals surface area contributed by atoms with Crippen molar-refractivity contribution in [3.8, 4) is 0 Å². The number of nitrogens with one attached hydrogen (secondary N) is 1. The molecule has 1 aromatic heterocycles. The minimum absolute atomic E-state index is 0.148. The first kappa shape index (κ1) is 20.4. The van der Waals surface area contributed by atoms with Crippen LogP contribution in [0.5, 0.6) is 0 Å². The van der Waals surface area contributed by atoms with Gasteiger partial charge >= 0.3 is 6.09 Å². The number of hydrogen-bond donors (Lipinski definition) is 2. The Morgan fingerprint density at radius 3 is 2.79 bits per heavy atom. The summed E-state index contributed by atoms with van der Waals surface area (Å²) < 4.78 is 6.81. The maximum atomic E-state index is 13.2. The van der Waals surface area contributed by atoms with Gasteiger partial charge < -0.3 is 20.8 Å². The van der Waals surface area contributed by atoms with Crippen LogP contribution in [0.1, 0.15) is 46.0 Å². The Bertz CT molecular complexity index is 951. The molecule has 1 saturated heterocycles. The highest BCUT2D eigenvalue weighted by atomic mass is 35.5. The first-order valence-corrected chi connectivity index (χ1v) is 9.66. The summed E-state index contributed by atoms with van der Waals surface area (Å²) in [5.41, 5.74) is 5.78. The van der Waals surface area contributed by atoms with Crippen LogP contribution < -0.4 is 21.6 Å². The van der Waals surface area contributed by atoms with Gasteiger partial charge in [0.15, 0.2) is 0 Å². The van der Waals surface area contributed by atoms with Crippen LogP contribution in [0.2, 0.25) is 5.02 Å². The number of nitrogens with zero attached hydrogens (tertiary/aromatic N) is 3. The standard InChI is InChI=1S/C19H26ClN5O3/c1-11(21)16-23-14-7-5-6-13(20)15(14)17(26)25(16)24-9-8-12(10-24)22-18(27)28-19(2,3)4/h5-7,11-12H,8-10,21H2,1-4H3,(H,22,27)/t11-,12?/m0/s1. The SMILES string of the molecule is C[C@H](N)c1nc2cccc(Cl)c2c(=O)n1N1CCC(NC(=O)OC(C)(C)C)C1. The monoisotopic (exact) mass is 407 g/mol. The van der Waals surface area contributed by atoms with Gasteiger partial charge in [0.2, 0.25) is 0 Å². The molecule has 1 unspecified atom stereocenters. The molecule has 2 heterocycles. The van der Waals surface area contributed by atoms with Crippen molar-refractivity contribution in [2.24, 2.45) is 5.73 Å². The van der Waals surface area contributed by atoms with E-state index in [0.29, 0.717) is 41.3 Å². The number of fused-ring (bicyclic) bond motifs is 1. The molecule has 0 aliphatic carbocycles. The predicted molar refractivity (Wildman–Crippen MR) is 109 cm³/mol. The molecule has 1 amide bonds. The van der Waals surface area contributed by atoms with Crippen molar-refractivity contribution in [3.05, 3.63) is 39.4 Å². The summed E-state index contributed by atoms with van der Waals surface area (Å²) in [6, 6.07) is 4.57. The molecule has 0 saturated carbocycles. The fraction of sp³-hybridized carbons (Fsp3) is 0.526. The molecular weight excluding hydrogens is 382 g/mol. The summed E-state index contributed by atoms with van der Waals surface area (Å²) >= 11 is 6.26. The van der Waals surface area contributed by atoms with Crippen LogP contribution in [0.15, 0.2) is 23.0 Å². The van der Waals surface area contributed by atoms with E-state index in [-0.39, 0.29) is 11.6 Å². The maximum absolute atomic E-state index is 13.2. The topological polar surface area (TPSA) is 102 Å². The van der Waals surface area contributed by atoms with Crippen LogP contribution in [0.4, 0.5) is 4.79 Å². The van der Waals surface area contributed by atoms with Gasteiger partial charge in [0.1, 0.15) is 11.4 Å². The van der Waals surface area contributed by atoms with Crippen LogP contribution >= 0.6 is 11.6 Å². The summed E-state index contributed by atoms with van der Waals surface area (Å²) in [6.45, 7) is 8.22. The largest absolute Gasteiger partial charge is 0.444 e. The lowest BCUT2D eigenvalue weighted by molar-refractivity contribution is 0.0508. The molecule has 9 heteroatoms. The van der Waals surface area contributed by atoms with Crippen molar-refractivity contribution >= 4 is 28.6 Å². The molecule has 1 aromatic carbocycles. The molecule has 28 heavy (non-hydrogen) atoms. The van der Waals surface area contributed by atoms with Crippen LogP contribution in [0.25, 0.3) is 10.9 Å². The third-order valence-corrected chi connectivity index (χ3v) is 4.74. The second-order valence-corrected chi connectivity index (χ2v) is 8.46. The number of carbonyl (C=O) groups is 1. The molecule has 3 rings (SSSR count). The van der Waals surface area contributed by atoms with E-state index in [9.17, 15) is 9.59 Å². The quantitative estimate of drug-likeness (QED) is 0.809. The zero-order valence-corrected chi connectivity index (χ0v) is 17.3. The zero-order valence-electron chi connectivity index (χ0n) is 16.5. The Kier molecular flexibility index (Phi) is 5.54. The van der Waals surface area contributed by atoms with E-state index in [1.165, 1.54) is 4.68 Å². The average molecular weight is 408 g/mol. The molecule has 1 fully saturated rings. The highest BCUT2D eigenvalue weighted by Crippen LogP contribution is 2.21. The zero-order chi connectivity index (χ0) is 20.6. The summed E-state index contributed by atoms with van der Waals surface area (Å²) in [6.07, 6.45) is 0.198. The summed E-state index contributed by atoms with van der Waals surface area (Å²) in [5, 5.41) is 5.41. The lowest BCUT2D eigenvalue weighted by atomic mass is 10.2. The number of carbonyl (C=O) groups excluding carboxylic acids is 1. The molecule has 1 aliphatic rings.